The monoisotopic (exact) mass is 444 g/mol. The van der Waals surface area contributed by atoms with Gasteiger partial charge in [-0.2, -0.15) is 0 Å². The van der Waals surface area contributed by atoms with E-state index in [0.29, 0.717) is 17.8 Å². The van der Waals surface area contributed by atoms with Crippen LogP contribution in [0.25, 0.3) is 0 Å². The normalized spacial score (nSPS) is 36.8. The van der Waals surface area contributed by atoms with Crippen molar-refractivity contribution in [1.29, 1.82) is 0 Å². The van der Waals surface area contributed by atoms with E-state index in [2.05, 4.69) is 19.1 Å². The van der Waals surface area contributed by atoms with E-state index in [0.717, 1.165) is 57.6 Å². The molecule has 7 heteroatoms. The van der Waals surface area contributed by atoms with E-state index in [4.69, 9.17) is 9.26 Å². The Morgan fingerprint density at radius 3 is 2.52 bits per heavy atom. The van der Waals surface area contributed by atoms with Gasteiger partial charge < -0.3 is 9.26 Å². The fourth-order valence-electron chi connectivity index (χ4n) is 6.99. The molecule has 2 saturated carbocycles. The topological polar surface area (TPSA) is 58.6 Å². The molecule has 1 aromatic rings. The SMILES string of the molecule is CC(=O)O[C@@H]1CC[C@@H]2[C@@H]3CCc4cc(OP(=O)(N5CC5)N5CC5)ccc4[C@@H]3CC[C@]21C. The van der Waals surface area contributed by atoms with Crippen molar-refractivity contribution in [1.82, 2.24) is 9.34 Å². The number of carbonyl (C=O) groups excluding carboxylic acids is 1. The maximum absolute atomic E-state index is 13.4. The minimum absolute atomic E-state index is 0.0807. The minimum atomic E-state index is -2.84. The summed E-state index contributed by atoms with van der Waals surface area (Å²) in [7, 11) is -2.84. The molecule has 1 aromatic carbocycles. The van der Waals surface area contributed by atoms with Crippen LogP contribution in [0.3, 0.4) is 0 Å². The molecule has 4 fully saturated rings. The van der Waals surface area contributed by atoms with Gasteiger partial charge in [-0.05, 0) is 79.5 Å². The third kappa shape index (κ3) is 3.29. The first-order valence-electron chi connectivity index (χ1n) is 12.0. The summed E-state index contributed by atoms with van der Waals surface area (Å²) >= 11 is 0. The van der Waals surface area contributed by atoms with Gasteiger partial charge in [0.15, 0.2) is 0 Å². The van der Waals surface area contributed by atoms with Crippen molar-refractivity contribution in [3.8, 4) is 5.75 Å². The summed E-state index contributed by atoms with van der Waals surface area (Å²) in [6.07, 6.45) is 6.76. The number of carbonyl (C=O) groups is 1. The summed E-state index contributed by atoms with van der Waals surface area (Å²) in [5.41, 5.74) is 2.96. The molecule has 168 valence electrons. The molecule has 0 aromatic heterocycles. The van der Waals surface area contributed by atoms with Crippen LogP contribution in [-0.2, 0) is 20.5 Å². The summed E-state index contributed by atoms with van der Waals surface area (Å²) in [6.45, 7) is 7.39. The Morgan fingerprint density at radius 2 is 1.84 bits per heavy atom. The molecule has 0 radical (unpaired) electrons. The number of hydrogen-bond acceptors (Lipinski definition) is 4. The standard InChI is InChI=1S/C24H33N2O4P/c1-16(27)29-23-8-7-22-21-5-3-17-15-18(30-31(28,25-11-12-25)26-13-14-26)4-6-19(17)20(21)9-10-24(22,23)2/h4,6,15,20-23H,3,5,7-14H2,1-2H3/t20-,21+,22+,23+,24+/m0/s1. The predicted molar refractivity (Wildman–Crippen MR) is 118 cm³/mol. The fraction of sp³-hybridized carbons (Fsp3) is 0.708. The zero-order valence-electron chi connectivity index (χ0n) is 18.6. The Balaban J connectivity index is 1.23. The second kappa shape index (κ2) is 7.07. The number of esters is 1. The van der Waals surface area contributed by atoms with Gasteiger partial charge in [-0.1, -0.05) is 13.0 Å². The minimum Gasteiger partial charge on any atom is -0.462 e. The molecule has 2 heterocycles. The maximum atomic E-state index is 13.4. The number of nitrogens with zero attached hydrogens (tertiary/aromatic N) is 2. The number of ether oxygens (including phenoxy) is 1. The molecule has 0 N–H and O–H groups in total. The van der Waals surface area contributed by atoms with E-state index in [1.807, 2.05) is 15.4 Å². The Labute approximate surface area is 184 Å². The summed E-state index contributed by atoms with van der Waals surface area (Å²) < 4.78 is 29.2. The first-order chi connectivity index (χ1) is 14.9. The zero-order chi connectivity index (χ0) is 21.4. The fourth-order valence-corrected chi connectivity index (χ4v) is 9.15. The van der Waals surface area contributed by atoms with Gasteiger partial charge >= 0.3 is 13.6 Å². The quantitative estimate of drug-likeness (QED) is 0.376. The van der Waals surface area contributed by atoms with E-state index < -0.39 is 7.67 Å². The largest absolute Gasteiger partial charge is 0.462 e. The molecule has 6 rings (SSSR count). The molecule has 0 unspecified atom stereocenters. The third-order valence-electron chi connectivity index (χ3n) is 8.71. The number of fused-ring (bicyclic) bond motifs is 5. The van der Waals surface area contributed by atoms with Gasteiger partial charge in [-0.3, -0.25) is 4.79 Å². The summed E-state index contributed by atoms with van der Waals surface area (Å²) in [5.74, 6) is 2.50. The van der Waals surface area contributed by atoms with Crippen LogP contribution in [0.4, 0.5) is 0 Å². The molecule has 0 bridgehead atoms. The highest BCUT2D eigenvalue weighted by Gasteiger charge is 2.56. The van der Waals surface area contributed by atoms with Crippen LogP contribution in [0.1, 0.15) is 63.0 Å². The lowest BCUT2D eigenvalue weighted by atomic mass is 9.55. The summed E-state index contributed by atoms with van der Waals surface area (Å²) in [6, 6.07) is 6.46. The smallest absolute Gasteiger partial charge is 0.395 e. The van der Waals surface area contributed by atoms with Crippen LogP contribution in [0.2, 0.25) is 0 Å². The van der Waals surface area contributed by atoms with Crippen molar-refractivity contribution in [2.75, 3.05) is 26.2 Å². The highest BCUT2D eigenvalue weighted by atomic mass is 31.2. The predicted octanol–water partition coefficient (Wildman–Crippen LogP) is 4.59. The molecule has 2 aliphatic heterocycles. The van der Waals surface area contributed by atoms with E-state index in [-0.39, 0.29) is 17.5 Å². The molecular formula is C24H33N2O4P. The van der Waals surface area contributed by atoms with Gasteiger partial charge in [-0.25, -0.2) is 13.9 Å². The first-order valence-corrected chi connectivity index (χ1v) is 13.5. The Kier molecular flexibility index (Phi) is 4.62. The van der Waals surface area contributed by atoms with Gasteiger partial charge in [0.2, 0.25) is 0 Å². The number of aryl methyl sites for hydroxylation is 1. The van der Waals surface area contributed by atoms with Crippen LogP contribution in [0.15, 0.2) is 18.2 Å². The number of benzene rings is 1. The second-order valence-corrected chi connectivity index (χ2v) is 12.8. The third-order valence-corrected chi connectivity index (χ3v) is 11.4. The van der Waals surface area contributed by atoms with Crippen molar-refractivity contribution in [2.45, 2.75) is 64.4 Å². The zero-order valence-corrected chi connectivity index (χ0v) is 19.5. The highest BCUT2D eigenvalue weighted by Crippen LogP contribution is 2.63. The van der Waals surface area contributed by atoms with E-state index in [1.165, 1.54) is 30.9 Å². The molecule has 3 aliphatic carbocycles. The lowest BCUT2D eigenvalue weighted by molar-refractivity contribution is -0.154. The van der Waals surface area contributed by atoms with E-state index >= 15 is 0 Å². The van der Waals surface area contributed by atoms with Crippen LogP contribution in [-0.4, -0.2) is 47.6 Å². The van der Waals surface area contributed by atoms with Crippen LogP contribution < -0.4 is 4.52 Å². The van der Waals surface area contributed by atoms with Crippen molar-refractivity contribution in [3.63, 3.8) is 0 Å². The van der Waals surface area contributed by atoms with Crippen molar-refractivity contribution in [3.05, 3.63) is 29.3 Å². The highest BCUT2D eigenvalue weighted by molar-refractivity contribution is 7.55. The lowest BCUT2D eigenvalue weighted by Gasteiger charge is -2.50. The summed E-state index contributed by atoms with van der Waals surface area (Å²) in [4.78, 5) is 11.6. The number of hydrogen-bond donors (Lipinski definition) is 0. The molecule has 6 nitrogen and oxygen atoms in total. The summed E-state index contributed by atoms with van der Waals surface area (Å²) in [5, 5.41) is 0. The van der Waals surface area contributed by atoms with Crippen LogP contribution in [0, 0.1) is 17.3 Å². The van der Waals surface area contributed by atoms with Crippen LogP contribution >= 0.6 is 7.67 Å². The first kappa shape index (κ1) is 20.3. The van der Waals surface area contributed by atoms with Gasteiger partial charge in [0.05, 0.1) is 0 Å². The second-order valence-electron chi connectivity index (χ2n) is 10.5. The Morgan fingerprint density at radius 1 is 1.10 bits per heavy atom. The average molecular weight is 445 g/mol. The van der Waals surface area contributed by atoms with Crippen LogP contribution in [0.5, 0.6) is 5.75 Å². The average Bonchev–Trinajstić information content (AvgIpc) is 3.63. The van der Waals surface area contributed by atoms with E-state index in [1.54, 1.807) is 0 Å². The van der Waals surface area contributed by atoms with Gasteiger partial charge in [-0.15, -0.1) is 0 Å². The molecular weight excluding hydrogens is 411 g/mol. The van der Waals surface area contributed by atoms with Gasteiger partial charge in [0.1, 0.15) is 11.9 Å². The molecule has 0 spiro atoms. The van der Waals surface area contributed by atoms with Crippen molar-refractivity contribution >= 4 is 13.6 Å². The lowest BCUT2D eigenvalue weighted by Crippen LogP contribution is -2.45. The molecule has 0 amide bonds. The molecule has 2 saturated heterocycles. The van der Waals surface area contributed by atoms with E-state index in [9.17, 15) is 9.36 Å². The Bertz CT molecular complexity index is 943. The Hall–Kier alpha value is -1.36. The molecule has 31 heavy (non-hydrogen) atoms. The maximum Gasteiger partial charge on any atom is 0.395 e. The van der Waals surface area contributed by atoms with Crippen molar-refractivity contribution < 1.29 is 18.6 Å². The molecule has 5 atom stereocenters. The number of rotatable bonds is 5. The van der Waals surface area contributed by atoms with Crippen molar-refractivity contribution in [2.24, 2.45) is 17.3 Å². The molecule has 5 aliphatic rings. The van der Waals surface area contributed by atoms with Gasteiger partial charge in [0, 0.05) is 38.5 Å². The van der Waals surface area contributed by atoms with Gasteiger partial charge in [0.25, 0.3) is 0 Å².